The van der Waals surface area contributed by atoms with E-state index in [1.54, 1.807) is 4.90 Å². The summed E-state index contributed by atoms with van der Waals surface area (Å²) < 4.78 is 0. The van der Waals surface area contributed by atoms with Crippen molar-refractivity contribution in [3.63, 3.8) is 0 Å². The molecule has 2 atom stereocenters. The van der Waals surface area contributed by atoms with Gasteiger partial charge < -0.3 is 15.5 Å². The van der Waals surface area contributed by atoms with E-state index >= 15 is 0 Å². The third-order valence-electron chi connectivity index (χ3n) is 3.56. The summed E-state index contributed by atoms with van der Waals surface area (Å²) in [6.45, 7) is 5.09. The Labute approximate surface area is 119 Å². The molecular weight excluding hydrogens is 256 g/mol. The highest BCUT2D eigenvalue weighted by molar-refractivity contribution is 5.92. The van der Waals surface area contributed by atoms with Crippen LogP contribution in [-0.4, -0.2) is 52.9 Å². The van der Waals surface area contributed by atoms with Crippen molar-refractivity contribution in [2.24, 2.45) is 0 Å². The predicted molar refractivity (Wildman–Crippen MR) is 77.6 cm³/mol. The summed E-state index contributed by atoms with van der Waals surface area (Å²) in [7, 11) is 0. The van der Waals surface area contributed by atoms with Gasteiger partial charge in [0.1, 0.15) is 0 Å². The van der Waals surface area contributed by atoms with Crippen LogP contribution >= 0.6 is 0 Å². The number of amides is 1. The molecule has 20 heavy (non-hydrogen) atoms. The van der Waals surface area contributed by atoms with E-state index in [0.717, 1.165) is 5.69 Å². The Morgan fingerprint density at radius 2 is 1.80 bits per heavy atom. The number of hydrogen-bond acceptors (Lipinski definition) is 4. The maximum absolute atomic E-state index is 11.9. The molecule has 0 bridgehead atoms. The molecule has 1 amide bonds. The molecule has 5 nitrogen and oxygen atoms in total. The van der Waals surface area contributed by atoms with Gasteiger partial charge in [-0.25, -0.2) is 0 Å². The van der Waals surface area contributed by atoms with Crippen LogP contribution in [0.4, 0.5) is 5.69 Å². The second kappa shape index (κ2) is 6.35. The average molecular weight is 278 g/mol. The predicted octanol–water partition coefficient (Wildman–Crippen LogP) is 0.786. The van der Waals surface area contributed by atoms with Crippen molar-refractivity contribution in [2.45, 2.75) is 32.0 Å². The average Bonchev–Trinajstić information content (AvgIpc) is 2.68. The van der Waals surface area contributed by atoms with E-state index in [1.165, 1.54) is 5.56 Å². The standard InChI is InChI=1S/C15H22N2O3/c1-10(2)11-3-5-12(6-4-11)16-15(20)9-17-7-13(18)14(19)8-17/h3-6,10,13-14,18-19H,7-9H2,1-2H3,(H,16,20). The van der Waals surface area contributed by atoms with Gasteiger partial charge in [-0.05, 0) is 23.6 Å². The SMILES string of the molecule is CC(C)c1ccc(NC(=O)CN2CC(O)C(O)C2)cc1. The summed E-state index contributed by atoms with van der Waals surface area (Å²) in [6, 6.07) is 7.79. The van der Waals surface area contributed by atoms with Crippen LogP contribution in [0.2, 0.25) is 0 Å². The largest absolute Gasteiger partial charge is 0.389 e. The molecule has 0 saturated carbocycles. The second-order valence-corrected chi connectivity index (χ2v) is 5.65. The van der Waals surface area contributed by atoms with Crippen LogP contribution in [0.15, 0.2) is 24.3 Å². The Balaban J connectivity index is 1.85. The minimum Gasteiger partial charge on any atom is -0.389 e. The highest BCUT2D eigenvalue weighted by Gasteiger charge is 2.30. The first-order valence-electron chi connectivity index (χ1n) is 6.94. The minimum atomic E-state index is -0.756. The molecule has 5 heteroatoms. The van der Waals surface area contributed by atoms with Crippen molar-refractivity contribution < 1.29 is 15.0 Å². The van der Waals surface area contributed by atoms with Crippen LogP contribution in [0.1, 0.15) is 25.3 Å². The van der Waals surface area contributed by atoms with Crippen LogP contribution < -0.4 is 5.32 Å². The highest BCUT2D eigenvalue weighted by atomic mass is 16.3. The number of carbonyl (C=O) groups excluding carboxylic acids is 1. The summed E-state index contributed by atoms with van der Waals surface area (Å²) >= 11 is 0. The van der Waals surface area contributed by atoms with Gasteiger partial charge in [0.15, 0.2) is 0 Å². The van der Waals surface area contributed by atoms with Crippen LogP contribution in [0.5, 0.6) is 0 Å². The molecule has 2 unspecified atom stereocenters. The number of anilines is 1. The lowest BCUT2D eigenvalue weighted by Crippen LogP contribution is -2.32. The monoisotopic (exact) mass is 278 g/mol. The molecule has 2 rings (SSSR count). The van der Waals surface area contributed by atoms with E-state index in [4.69, 9.17) is 0 Å². The van der Waals surface area contributed by atoms with E-state index in [1.807, 2.05) is 24.3 Å². The van der Waals surface area contributed by atoms with Crippen molar-refractivity contribution in [3.05, 3.63) is 29.8 Å². The van der Waals surface area contributed by atoms with Gasteiger partial charge in [0, 0.05) is 18.8 Å². The molecule has 1 saturated heterocycles. The van der Waals surface area contributed by atoms with Crippen molar-refractivity contribution in [1.82, 2.24) is 4.90 Å². The summed E-state index contributed by atoms with van der Waals surface area (Å²) in [5, 5.41) is 21.7. The fourth-order valence-corrected chi connectivity index (χ4v) is 2.33. The van der Waals surface area contributed by atoms with Gasteiger partial charge in [-0.1, -0.05) is 26.0 Å². The highest BCUT2D eigenvalue weighted by Crippen LogP contribution is 2.17. The first-order valence-corrected chi connectivity index (χ1v) is 6.94. The number of likely N-dealkylation sites (tertiary alicyclic amines) is 1. The molecule has 0 spiro atoms. The van der Waals surface area contributed by atoms with Crippen molar-refractivity contribution in [3.8, 4) is 0 Å². The molecule has 1 aromatic carbocycles. The van der Waals surface area contributed by atoms with E-state index in [2.05, 4.69) is 19.2 Å². The molecular formula is C15H22N2O3. The molecule has 0 aromatic heterocycles. The number of β-amino-alcohol motifs (C(OH)–C–C–N with tert-alkyl or cyclic N) is 2. The number of rotatable bonds is 4. The fraction of sp³-hybridized carbons (Fsp3) is 0.533. The zero-order valence-electron chi connectivity index (χ0n) is 11.9. The molecule has 0 aliphatic carbocycles. The van der Waals surface area contributed by atoms with Gasteiger partial charge in [0.25, 0.3) is 0 Å². The quantitative estimate of drug-likeness (QED) is 0.761. The smallest absolute Gasteiger partial charge is 0.238 e. The van der Waals surface area contributed by atoms with Gasteiger partial charge >= 0.3 is 0 Å². The van der Waals surface area contributed by atoms with E-state index in [-0.39, 0.29) is 12.5 Å². The van der Waals surface area contributed by atoms with E-state index < -0.39 is 12.2 Å². The van der Waals surface area contributed by atoms with Crippen molar-refractivity contribution >= 4 is 11.6 Å². The second-order valence-electron chi connectivity index (χ2n) is 5.65. The van der Waals surface area contributed by atoms with Gasteiger partial charge in [-0.2, -0.15) is 0 Å². The van der Waals surface area contributed by atoms with Crippen LogP contribution in [0.25, 0.3) is 0 Å². The number of hydrogen-bond donors (Lipinski definition) is 3. The summed E-state index contributed by atoms with van der Waals surface area (Å²) in [4.78, 5) is 13.6. The van der Waals surface area contributed by atoms with E-state index in [0.29, 0.717) is 19.0 Å². The third kappa shape index (κ3) is 3.79. The van der Waals surface area contributed by atoms with Gasteiger partial charge in [-0.3, -0.25) is 9.69 Å². The van der Waals surface area contributed by atoms with Gasteiger partial charge in [-0.15, -0.1) is 0 Å². The van der Waals surface area contributed by atoms with Crippen molar-refractivity contribution in [2.75, 3.05) is 25.0 Å². The normalized spacial score (nSPS) is 23.2. The van der Waals surface area contributed by atoms with Crippen molar-refractivity contribution in [1.29, 1.82) is 0 Å². The Bertz CT molecular complexity index is 449. The molecule has 1 aromatic rings. The Morgan fingerprint density at radius 1 is 1.25 bits per heavy atom. The number of nitrogens with one attached hydrogen (secondary N) is 1. The Hall–Kier alpha value is -1.43. The zero-order valence-corrected chi connectivity index (χ0v) is 11.9. The van der Waals surface area contributed by atoms with Gasteiger partial charge in [0.05, 0.1) is 18.8 Å². The van der Waals surface area contributed by atoms with Crippen LogP contribution in [0, 0.1) is 0 Å². The molecule has 1 aliphatic rings. The lowest BCUT2D eigenvalue weighted by molar-refractivity contribution is -0.117. The molecule has 0 radical (unpaired) electrons. The van der Waals surface area contributed by atoms with Gasteiger partial charge in [0.2, 0.25) is 5.91 Å². The number of benzene rings is 1. The topological polar surface area (TPSA) is 72.8 Å². The van der Waals surface area contributed by atoms with Crippen LogP contribution in [-0.2, 0) is 4.79 Å². The molecule has 1 heterocycles. The zero-order chi connectivity index (χ0) is 14.7. The molecule has 110 valence electrons. The summed E-state index contributed by atoms with van der Waals surface area (Å²) in [5.74, 6) is 0.330. The summed E-state index contributed by atoms with van der Waals surface area (Å²) in [6.07, 6.45) is -1.51. The first kappa shape index (κ1) is 15.0. The third-order valence-corrected chi connectivity index (χ3v) is 3.56. The molecule has 1 aliphatic heterocycles. The number of aliphatic hydroxyl groups excluding tert-OH is 2. The lowest BCUT2D eigenvalue weighted by atomic mass is 10.0. The Morgan fingerprint density at radius 3 is 2.30 bits per heavy atom. The number of aliphatic hydroxyl groups is 2. The maximum atomic E-state index is 11.9. The Kier molecular flexibility index (Phi) is 4.75. The first-order chi connectivity index (χ1) is 9.45. The molecule has 1 fully saturated rings. The lowest BCUT2D eigenvalue weighted by Gasteiger charge is -2.14. The summed E-state index contributed by atoms with van der Waals surface area (Å²) in [5.41, 5.74) is 1.99. The number of nitrogens with zero attached hydrogens (tertiary/aromatic N) is 1. The maximum Gasteiger partial charge on any atom is 0.238 e. The fourth-order valence-electron chi connectivity index (χ4n) is 2.33. The van der Waals surface area contributed by atoms with Crippen LogP contribution in [0.3, 0.4) is 0 Å². The van der Waals surface area contributed by atoms with E-state index in [9.17, 15) is 15.0 Å². The minimum absolute atomic E-state index is 0.136. The molecule has 3 N–H and O–H groups in total. The number of carbonyl (C=O) groups is 1.